The van der Waals surface area contributed by atoms with E-state index < -0.39 is 6.16 Å². The fraction of sp³-hybridized carbons (Fsp3) is 0.308. The van der Waals surface area contributed by atoms with Crippen LogP contribution < -0.4 is 4.74 Å². The molecule has 0 aliphatic rings. The van der Waals surface area contributed by atoms with Crippen molar-refractivity contribution in [3.8, 4) is 5.88 Å². The lowest BCUT2D eigenvalue weighted by Crippen LogP contribution is -2.10. The van der Waals surface area contributed by atoms with Gasteiger partial charge in [0.15, 0.2) is 0 Å². The number of aromatic nitrogens is 1. The van der Waals surface area contributed by atoms with E-state index in [0.717, 1.165) is 0 Å². The van der Waals surface area contributed by atoms with E-state index in [0.29, 0.717) is 0 Å². The third kappa shape index (κ3) is 6.42. The number of ether oxygens (including phenoxy) is 2. The van der Waals surface area contributed by atoms with Crippen molar-refractivity contribution in [3.63, 3.8) is 0 Å². The van der Waals surface area contributed by atoms with E-state index in [9.17, 15) is 4.79 Å². The fourth-order valence-electron chi connectivity index (χ4n) is 0.886. The molecule has 5 heteroatoms. The van der Waals surface area contributed by atoms with Crippen LogP contribution in [0.3, 0.4) is 0 Å². The van der Waals surface area contributed by atoms with Gasteiger partial charge in [-0.2, -0.15) is 0 Å². The Hall–Kier alpha value is -2.17. The lowest BCUT2D eigenvalue weighted by atomic mass is 10.5. The largest absolute Gasteiger partial charge is 0.522 e. The van der Waals surface area contributed by atoms with Gasteiger partial charge >= 0.3 is 6.16 Å². The summed E-state index contributed by atoms with van der Waals surface area (Å²) in [5.41, 5.74) is 0. The highest BCUT2D eigenvalue weighted by atomic mass is 16.7. The summed E-state index contributed by atoms with van der Waals surface area (Å²) in [6, 6.07) is 4.98. The normalized spacial score (nSPS) is 10.6. The van der Waals surface area contributed by atoms with Crippen LogP contribution >= 0.6 is 0 Å². The first kappa shape index (κ1) is 15.8. The molecule has 18 heavy (non-hydrogen) atoms. The lowest BCUT2D eigenvalue weighted by Gasteiger charge is -2.03. The van der Waals surface area contributed by atoms with Crippen LogP contribution in [0.2, 0.25) is 0 Å². The van der Waals surface area contributed by atoms with Gasteiger partial charge in [0.05, 0.1) is 0 Å². The van der Waals surface area contributed by atoms with Gasteiger partial charge in [-0.3, -0.25) is 0 Å². The van der Waals surface area contributed by atoms with Gasteiger partial charge in [-0.1, -0.05) is 19.9 Å². The minimum atomic E-state index is -0.864. The molecule has 0 N–H and O–H groups in total. The molecule has 0 saturated carbocycles. The summed E-state index contributed by atoms with van der Waals surface area (Å²) < 4.78 is 9.61. The average Bonchev–Trinajstić information content (AvgIpc) is 2.41. The highest BCUT2D eigenvalue weighted by Gasteiger charge is 2.08. The number of nitrogens with zero attached hydrogens (tertiary/aromatic N) is 2. The number of hydrogen-bond acceptors (Lipinski definition) is 5. The maximum absolute atomic E-state index is 11.3. The van der Waals surface area contributed by atoms with Crippen LogP contribution in [-0.4, -0.2) is 17.4 Å². The maximum atomic E-state index is 11.3. The molecule has 1 heterocycles. The van der Waals surface area contributed by atoms with Crippen LogP contribution in [0, 0.1) is 0 Å². The molecular formula is C13H18N2O3. The second kappa shape index (κ2) is 10.0. The Kier molecular flexibility index (Phi) is 8.81. The second-order valence-electron chi connectivity index (χ2n) is 2.64. The van der Waals surface area contributed by atoms with Gasteiger partial charge in [0, 0.05) is 18.5 Å². The minimum absolute atomic E-state index is 0.184. The molecule has 0 fully saturated rings. The molecule has 1 rings (SSSR count). The Morgan fingerprint density at radius 2 is 2.06 bits per heavy atom. The fourth-order valence-corrected chi connectivity index (χ4v) is 0.886. The number of pyridine rings is 1. The van der Waals surface area contributed by atoms with E-state index in [4.69, 9.17) is 9.47 Å². The Morgan fingerprint density at radius 3 is 2.56 bits per heavy atom. The molecule has 0 aliphatic carbocycles. The Morgan fingerprint density at radius 1 is 1.33 bits per heavy atom. The standard InChI is InChI=1S/C11H12N2O3.C2H6/c1-3-9(12-4-2)15-11(14)16-10-7-5-6-8-13-10;1-2/h3-8H,1-2H3;1-2H3/b9-3+,12-4-;. The monoisotopic (exact) mass is 250 g/mol. The molecule has 0 amide bonds. The van der Waals surface area contributed by atoms with Gasteiger partial charge in [0.2, 0.25) is 11.8 Å². The zero-order chi connectivity index (χ0) is 13.8. The number of allylic oxidation sites excluding steroid dienone is 1. The molecule has 0 spiro atoms. The van der Waals surface area contributed by atoms with Crippen molar-refractivity contribution in [1.82, 2.24) is 4.98 Å². The van der Waals surface area contributed by atoms with Gasteiger partial charge in [-0.25, -0.2) is 14.8 Å². The first-order valence-electron chi connectivity index (χ1n) is 5.72. The Balaban J connectivity index is 0.00000137. The first-order chi connectivity index (χ1) is 8.76. The smallest absolute Gasteiger partial charge is 0.376 e. The lowest BCUT2D eigenvalue weighted by molar-refractivity contribution is 0.124. The van der Waals surface area contributed by atoms with Crippen LogP contribution in [0.5, 0.6) is 5.88 Å². The van der Waals surface area contributed by atoms with Gasteiger partial charge in [0.25, 0.3) is 0 Å². The van der Waals surface area contributed by atoms with Gasteiger partial charge in [-0.05, 0) is 26.0 Å². The van der Waals surface area contributed by atoms with Gasteiger partial charge < -0.3 is 9.47 Å². The summed E-state index contributed by atoms with van der Waals surface area (Å²) >= 11 is 0. The maximum Gasteiger partial charge on any atom is 0.522 e. The van der Waals surface area contributed by atoms with E-state index >= 15 is 0 Å². The predicted molar refractivity (Wildman–Crippen MR) is 70.6 cm³/mol. The number of carbonyl (C=O) groups excluding carboxylic acids is 1. The molecular weight excluding hydrogens is 232 g/mol. The molecule has 0 aromatic carbocycles. The summed E-state index contributed by atoms with van der Waals surface area (Å²) in [5, 5.41) is 0. The molecule has 1 aromatic rings. The van der Waals surface area contributed by atoms with Gasteiger partial charge in [0.1, 0.15) is 0 Å². The summed E-state index contributed by atoms with van der Waals surface area (Å²) in [6.45, 7) is 7.42. The Labute approximate surface area is 107 Å². The minimum Gasteiger partial charge on any atom is -0.376 e. The van der Waals surface area contributed by atoms with Crippen LogP contribution in [0.25, 0.3) is 0 Å². The molecule has 1 aromatic heterocycles. The first-order valence-corrected chi connectivity index (χ1v) is 5.72. The summed E-state index contributed by atoms with van der Waals surface area (Å²) in [5.74, 6) is 0.367. The molecule has 5 nitrogen and oxygen atoms in total. The van der Waals surface area contributed by atoms with E-state index in [1.54, 1.807) is 38.1 Å². The third-order valence-electron chi connectivity index (χ3n) is 1.52. The topological polar surface area (TPSA) is 60.8 Å². The SMILES string of the molecule is C/C=N\C(=C/C)OC(=O)Oc1ccccn1.CC. The van der Waals surface area contributed by atoms with Crippen molar-refractivity contribution >= 4 is 12.4 Å². The summed E-state index contributed by atoms with van der Waals surface area (Å²) in [6.07, 6.45) is 3.73. The van der Waals surface area contributed by atoms with Crippen LogP contribution in [-0.2, 0) is 4.74 Å². The third-order valence-corrected chi connectivity index (χ3v) is 1.52. The van der Waals surface area contributed by atoms with Gasteiger partial charge in [-0.15, -0.1) is 0 Å². The van der Waals surface area contributed by atoms with Crippen molar-refractivity contribution in [2.45, 2.75) is 27.7 Å². The quantitative estimate of drug-likeness (QED) is 0.467. The number of rotatable bonds is 3. The van der Waals surface area contributed by atoms with Crippen molar-refractivity contribution in [3.05, 3.63) is 36.4 Å². The molecule has 98 valence electrons. The molecule has 0 radical (unpaired) electrons. The van der Waals surface area contributed by atoms with Crippen LogP contribution in [0.4, 0.5) is 4.79 Å². The average molecular weight is 250 g/mol. The molecule has 0 atom stereocenters. The number of aliphatic imine (C=N–C) groups is 1. The number of carbonyl (C=O) groups is 1. The summed E-state index contributed by atoms with van der Waals surface area (Å²) in [7, 11) is 0. The second-order valence-corrected chi connectivity index (χ2v) is 2.64. The Bertz CT molecular complexity index is 400. The van der Waals surface area contributed by atoms with Crippen molar-refractivity contribution in [1.29, 1.82) is 0 Å². The zero-order valence-corrected chi connectivity index (χ0v) is 11.1. The van der Waals surface area contributed by atoms with Crippen LogP contribution in [0.1, 0.15) is 27.7 Å². The van der Waals surface area contributed by atoms with E-state index in [2.05, 4.69) is 9.98 Å². The van der Waals surface area contributed by atoms with E-state index in [1.165, 1.54) is 12.4 Å². The molecule has 0 bridgehead atoms. The van der Waals surface area contributed by atoms with Crippen molar-refractivity contribution < 1.29 is 14.3 Å². The zero-order valence-electron chi connectivity index (χ0n) is 11.1. The van der Waals surface area contributed by atoms with E-state index in [-0.39, 0.29) is 11.8 Å². The molecule has 0 aliphatic heterocycles. The highest BCUT2D eigenvalue weighted by molar-refractivity contribution is 5.65. The van der Waals surface area contributed by atoms with Crippen molar-refractivity contribution in [2.75, 3.05) is 0 Å². The molecule has 0 saturated heterocycles. The predicted octanol–water partition coefficient (Wildman–Crippen LogP) is 3.58. The highest BCUT2D eigenvalue weighted by Crippen LogP contribution is 2.07. The summed E-state index contributed by atoms with van der Waals surface area (Å²) in [4.78, 5) is 18.9. The van der Waals surface area contributed by atoms with E-state index in [1.807, 2.05) is 13.8 Å². The van der Waals surface area contributed by atoms with Crippen molar-refractivity contribution in [2.24, 2.45) is 4.99 Å². The number of hydrogen-bond donors (Lipinski definition) is 0. The van der Waals surface area contributed by atoms with Crippen LogP contribution in [0.15, 0.2) is 41.3 Å². The molecule has 0 unspecified atom stereocenters.